The molecule has 3 amide bonds. The van der Waals surface area contributed by atoms with E-state index in [1.807, 2.05) is 25.5 Å². The third-order valence-electron chi connectivity index (χ3n) is 4.38. The van der Waals surface area contributed by atoms with Gasteiger partial charge in [-0.25, -0.2) is 4.79 Å². The van der Waals surface area contributed by atoms with Crippen LogP contribution in [0.3, 0.4) is 0 Å². The Morgan fingerprint density at radius 1 is 1.38 bits per heavy atom. The number of nitrogens with zero attached hydrogens (tertiary/aromatic N) is 3. The number of thiophene rings is 1. The zero-order valence-corrected chi connectivity index (χ0v) is 13.3. The maximum Gasteiger partial charge on any atom is 0.327 e. The minimum atomic E-state index is -0.211. The van der Waals surface area contributed by atoms with Gasteiger partial charge in [0.15, 0.2) is 0 Å². The fraction of sp³-hybridized carbons (Fsp3) is 0.600. The van der Waals surface area contributed by atoms with Crippen molar-refractivity contribution in [2.75, 3.05) is 27.2 Å². The van der Waals surface area contributed by atoms with Crippen LogP contribution in [0, 0.1) is 0 Å². The largest absolute Gasteiger partial charge is 0.327 e. The molecule has 2 fully saturated rings. The first-order chi connectivity index (χ1) is 10.1. The summed E-state index contributed by atoms with van der Waals surface area (Å²) in [6.45, 7) is 1.16. The van der Waals surface area contributed by atoms with Gasteiger partial charge in [0.05, 0.1) is 12.6 Å². The van der Waals surface area contributed by atoms with Crippen LogP contribution in [-0.2, 0) is 4.79 Å². The Morgan fingerprint density at radius 3 is 2.81 bits per heavy atom. The molecule has 1 aromatic rings. The molecule has 2 saturated heterocycles. The van der Waals surface area contributed by atoms with Gasteiger partial charge in [-0.15, -0.1) is 11.3 Å². The van der Waals surface area contributed by atoms with E-state index in [1.54, 1.807) is 16.2 Å². The first-order valence-corrected chi connectivity index (χ1v) is 8.29. The third-order valence-corrected chi connectivity index (χ3v) is 5.35. The van der Waals surface area contributed by atoms with E-state index in [0.29, 0.717) is 6.54 Å². The number of likely N-dealkylation sites (N-methyl/N-ethyl adjacent to an activating group) is 1. The van der Waals surface area contributed by atoms with E-state index >= 15 is 0 Å². The van der Waals surface area contributed by atoms with E-state index in [1.165, 1.54) is 9.78 Å². The Hall–Kier alpha value is -1.40. The van der Waals surface area contributed by atoms with Crippen molar-refractivity contribution in [3.8, 4) is 0 Å². The summed E-state index contributed by atoms with van der Waals surface area (Å²) >= 11 is 1.67. The van der Waals surface area contributed by atoms with E-state index in [9.17, 15) is 9.59 Å². The Morgan fingerprint density at radius 2 is 2.19 bits per heavy atom. The lowest BCUT2D eigenvalue weighted by molar-refractivity contribution is -0.129. The first-order valence-electron chi connectivity index (χ1n) is 7.41. The molecule has 21 heavy (non-hydrogen) atoms. The van der Waals surface area contributed by atoms with Gasteiger partial charge < -0.3 is 9.80 Å². The lowest BCUT2D eigenvalue weighted by atomic mass is 10.0. The molecule has 6 heteroatoms. The first kappa shape index (κ1) is 14.5. The van der Waals surface area contributed by atoms with Crippen molar-refractivity contribution in [1.29, 1.82) is 0 Å². The number of rotatable bonds is 4. The quantitative estimate of drug-likeness (QED) is 0.801. The molecule has 2 unspecified atom stereocenters. The van der Waals surface area contributed by atoms with Crippen molar-refractivity contribution in [2.45, 2.75) is 31.3 Å². The second kappa shape index (κ2) is 5.77. The highest BCUT2D eigenvalue weighted by molar-refractivity contribution is 7.10. The molecule has 5 nitrogen and oxygen atoms in total. The molecule has 0 aromatic carbocycles. The van der Waals surface area contributed by atoms with Crippen molar-refractivity contribution < 1.29 is 9.59 Å². The SMILES string of the molecule is CN(C)C(CN1C(=O)C2CCCCN2C1=O)c1cccs1. The highest BCUT2D eigenvalue weighted by Gasteiger charge is 2.46. The molecule has 3 rings (SSSR count). The van der Waals surface area contributed by atoms with Crippen LogP contribution in [0.4, 0.5) is 4.79 Å². The van der Waals surface area contributed by atoms with Crippen LogP contribution in [0.1, 0.15) is 30.2 Å². The van der Waals surface area contributed by atoms with Crippen LogP contribution in [0.25, 0.3) is 0 Å². The average molecular weight is 307 g/mol. The molecule has 0 spiro atoms. The lowest BCUT2D eigenvalue weighted by Crippen LogP contribution is -2.39. The zero-order chi connectivity index (χ0) is 15.0. The van der Waals surface area contributed by atoms with Gasteiger partial charge in [0.1, 0.15) is 6.04 Å². The molecule has 0 bridgehead atoms. The second-order valence-corrected chi connectivity index (χ2v) is 6.91. The second-order valence-electron chi connectivity index (χ2n) is 5.93. The molecule has 0 saturated carbocycles. The summed E-state index contributed by atoms with van der Waals surface area (Å²) in [5, 5.41) is 2.03. The Labute approximate surface area is 129 Å². The Balaban J connectivity index is 1.80. The number of hydrogen-bond donors (Lipinski definition) is 0. The maximum absolute atomic E-state index is 12.5. The number of hydrogen-bond acceptors (Lipinski definition) is 4. The molecule has 2 aliphatic heterocycles. The van der Waals surface area contributed by atoms with Gasteiger partial charge in [0, 0.05) is 11.4 Å². The topological polar surface area (TPSA) is 43.9 Å². The monoisotopic (exact) mass is 307 g/mol. The van der Waals surface area contributed by atoms with E-state index in [-0.39, 0.29) is 24.0 Å². The summed E-state index contributed by atoms with van der Waals surface area (Å²) < 4.78 is 0. The molecule has 114 valence electrons. The number of carbonyl (C=O) groups is 2. The number of urea groups is 1. The molecule has 0 N–H and O–H groups in total. The average Bonchev–Trinajstić information content (AvgIpc) is 3.07. The van der Waals surface area contributed by atoms with Gasteiger partial charge in [-0.2, -0.15) is 0 Å². The molecule has 0 aliphatic carbocycles. The van der Waals surface area contributed by atoms with Crippen LogP contribution in [0.5, 0.6) is 0 Å². The van der Waals surface area contributed by atoms with Gasteiger partial charge in [-0.05, 0) is 44.8 Å². The highest BCUT2D eigenvalue weighted by Crippen LogP contribution is 2.30. The van der Waals surface area contributed by atoms with Crippen LogP contribution in [-0.4, -0.2) is 59.9 Å². The third kappa shape index (κ3) is 2.58. The summed E-state index contributed by atoms with van der Waals surface area (Å²) in [6.07, 6.45) is 2.86. The van der Waals surface area contributed by atoms with Crippen molar-refractivity contribution >= 4 is 23.3 Å². The Bertz CT molecular complexity index is 505. The number of piperidine rings is 1. The van der Waals surface area contributed by atoms with Crippen LogP contribution in [0.2, 0.25) is 0 Å². The van der Waals surface area contributed by atoms with Crippen LogP contribution >= 0.6 is 11.3 Å². The predicted molar refractivity (Wildman–Crippen MR) is 82.2 cm³/mol. The number of carbonyl (C=O) groups excluding carboxylic acids is 2. The normalized spacial score (nSPS) is 23.9. The number of fused-ring (bicyclic) bond motifs is 1. The van der Waals surface area contributed by atoms with E-state index in [4.69, 9.17) is 0 Å². The smallest absolute Gasteiger partial charge is 0.312 e. The lowest BCUT2D eigenvalue weighted by Gasteiger charge is -2.27. The van der Waals surface area contributed by atoms with Crippen molar-refractivity contribution in [2.24, 2.45) is 0 Å². The predicted octanol–water partition coefficient (Wildman–Crippen LogP) is 2.17. The highest BCUT2D eigenvalue weighted by atomic mass is 32.1. The molecule has 1 aromatic heterocycles. The summed E-state index contributed by atoms with van der Waals surface area (Å²) in [7, 11) is 3.98. The van der Waals surface area contributed by atoms with E-state index in [0.717, 1.165) is 25.8 Å². The molecular weight excluding hydrogens is 286 g/mol. The molecule has 0 radical (unpaired) electrons. The molecular formula is C15H21N3O2S. The standard InChI is InChI=1S/C15H21N3O2S/c1-16(2)12(13-7-5-9-21-13)10-18-14(19)11-6-3-4-8-17(11)15(18)20/h5,7,9,11-12H,3-4,6,8,10H2,1-2H3. The fourth-order valence-electron chi connectivity index (χ4n) is 3.18. The molecule has 2 aliphatic rings. The molecule has 2 atom stereocenters. The van der Waals surface area contributed by atoms with Crippen LogP contribution in [0.15, 0.2) is 17.5 Å². The summed E-state index contributed by atoms with van der Waals surface area (Å²) in [5.41, 5.74) is 0. The molecule has 3 heterocycles. The minimum Gasteiger partial charge on any atom is -0.312 e. The summed E-state index contributed by atoms with van der Waals surface area (Å²) in [5.74, 6) is -0.0110. The van der Waals surface area contributed by atoms with Crippen molar-refractivity contribution in [3.05, 3.63) is 22.4 Å². The zero-order valence-electron chi connectivity index (χ0n) is 12.5. The Kier molecular flexibility index (Phi) is 3.99. The van der Waals surface area contributed by atoms with E-state index < -0.39 is 0 Å². The van der Waals surface area contributed by atoms with Gasteiger partial charge >= 0.3 is 6.03 Å². The van der Waals surface area contributed by atoms with Gasteiger partial charge in [-0.1, -0.05) is 6.07 Å². The summed E-state index contributed by atoms with van der Waals surface area (Å²) in [6, 6.07) is 3.82. The maximum atomic E-state index is 12.5. The fourth-order valence-corrected chi connectivity index (χ4v) is 4.09. The number of imide groups is 1. The number of amides is 3. The van der Waals surface area contributed by atoms with Gasteiger partial charge in [-0.3, -0.25) is 9.69 Å². The summed E-state index contributed by atoms with van der Waals surface area (Å²) in [4.78, 5) is 31.5. The van der Waals surface area contributed by atoms with Crippen molar-refractivity contribution in [1.82, 2.24) is 14.7 Å². The van der Waals surface area contributed by atoms with Gasteiger partial charge in [0.2, 0.25) is 0 Å². The minimum absolute atomic E-state index is 0.0110. The van der Waals surface area contributed by atoms with Crippen molar-refractivity contribution in [3.63, 3.8) is 0 Å². The van der Waals surface area contributed by atoms with Crippen LogP contribution < -0.4 is 0 Å². The van der Waals surface area contributed by atoms with Gasteiger partial charge in [0.25, 0.3) is 5.91 Å². The van der Waals surface area contributed by atoms with E-state index in [2.05, 4.69) is 11.0 Å².